The Labute approximate surface area is 236 Å². The maximum Gasteiger partial charge on any atom is 0.181 e. The van der Waals surface area contributed by atoms with Crippen LogP contribution in [-0.4, -0.2) is 57.0 Å². The molecule has 1 saturated heterocycles. The van der Waals surface area contributed by atoms with Crippen molar-refractivity contribution in [3.63, 3.8) is 0 Å². The van der Waals surface area contributed by atoms with E-state index in [0.717, 1.165) is 47.2 Å². The lowest BCUT2D eigenvalue weighted by Crippen LogP contribution is -2.34. The van der Waals surface area contributed by atoms with Gasteiger partial charge in [0, 0.05) is 41.1 Å². The van der Waals surface area contributed by atoms with E-state index in [4.69, 9.17) is 4.98 Å². The number of nitrogens with zero attached hydrogens (tertiary/aromatic N) is 4. The first-order valence-electron chi connectivity index (χ1n) is 13.6. The number of halogens is 2. The van der Waals surface area contributed by atoms with E-state index in [1.807, 2.05) is 18.2 Å². The van der Waals surface area contributed by atoms with E-state index >= 15 is 0 Å². The molecule has 2 aromatic heterocycles. The van der Waals surface area contributed by atoms with E-state index < -0.39 is 26.7 Å². The molecule has 2 N–H and O–H groups in total. The number of hydrogen-bond acceptors (Lipinski definition) is 6. The summed E-state index contributed by atoms with van der Waals surface area (Å²) >= 11 is 0. The second-order valence-corrected chi connectivity index (χ2v) is 13.3. The highest BCUT2D eigenvalue weighted by molar-refractivity contribution is 7.92. The van der Waals surface area contributed by atoms with Crippen LogP contribution in [0.4, 0.5) is 8.78 Å². The van der Waals surface area contributed by atoms with E-state index in [1.165, 1.54) is 18.2 Å². The molecule has 0 saturated carbocycles. The molecule has 0 aliphatic carbocycles. The summed E-state index contributed by atoms with van der Waals surface area (Å²) < 4.78 is 53.4. The number of aromatic amines is 2. The third-order valence-electron chi connectivity index (χ3n) is 7.74. The van der Waals surface area contributed by atoms with Crippen molar-refractivity contribution < 1.29 is 17.2 Å². The van der Waals surface area contributed by atoms with Gasteiger partial charge in [0.05, 0.1) is 21.4 Å². The van der Waals surface area contributed by atoms with Gasteiger partial charge in [0.15, 0.2) is 15.7 Å². The van der Waals surface area contributed by atoms with Gasteiger partial charge in [0.2, 0.25) is 0 Å². The fraction of sp³-hybridized carbons (Fsp3) is 0.300. The lowest BCUT2D eigenvalue weighted by atomic mass is 9.97. The molecule has 0 unspecified atom stereocenters. The highest BCUT2D eigenvalue weighted by Gasteiger charge is 2.26. The molecule has 212 valence electrons. The summed E-state index contributed by atoms with van der Waals surface area (Å²) in [7, 11) is -3.36. The average Bonchev–Trinajstić information content (AvgIpc) is 3.63. The Hall–Kier alpha value is -3.96. The summed E-state index contributed by atoms with van der Waals surface area (Å²) in [5, 5.41) is 15.4. The third-order valence-corrected chi connectivity index (χ3v) is 9.91. The van der Waals surface area contributed by atoms with Gasteiger partial charge in [-0.2, -0.15) is 10.2 Å². The second kappa shape index (κ2) is 10.8. The van der Waals surface area contributed by atoms with Crippen LogP contribution in [-0.2, 0) is 16.4 Å². The zero-order valence-corrected chi connectivity index (χ0v) is 23.5. The zero-order valence-electron chi connectivity index (χ0n) is 22.7. The van der Waals surface area contributed by atoms with Crippen molar-refractivity contribution in [2.45, 2.75) is 49.3 Å². The molecule has 0 amide bonds. The van der Waals surface area contributed by atoms with Crippen LogP contribution in [0.1, 0.15) is 44.0 Å². The first-order valence-corrected chi connectivity index (χ1v) is 15.2. The minimum absolute atomic E-state index is 0.0636. The normalized spacial score (nSPS) is 16.6. The summed E-state index contributed by atoms with van der Waals surface area (Å²) in [6.07, 6.45) is 1.79. The number of fused-ring (bicyclic) bond motifs is 1. The van der Waals surface area contributed by atoms with Crippen molar-refractivity contribution in [1.29, 1.82) is 0 Å². The van der Waals surface area contributed by atoms with Crippen molar-refractivity contribution in [3.05, 3.63) is 83.7 Å². The van der Waals surface area contributed by atoms with Crippen LogP contribution in [0.3, 0.4) is 0 Å². The molecule has 11 heteroatoms. The molecule has 6 rings (SSSR count). The van der Waals surface area contributed by atoms with Gasteiger partial charge in [0.25, 0.3) is 0 Å². The number of piperidine rings is 1. The topological polar surface area (TPSA) is 108 Å². The Morgan fingerprint density at radius 3 is 2.44 bits per heavy atom. The Bertz CT molecular complexity index is 1790. The predicted molar refractivity (Wildman–Crippen MR) is 153 cm³/mol. The third kappa shape index (κ3) is 5.27. The lowest BCUT2D eigenvalue weighted by Gasteiger charge is -2.31. The Morgan fingerprint density at radius 2 is 1.71 bits per heavy atom. The maximum absolute atomic E-state index is 14.2. The lowest BCUT2D eigenvalue weighted by molar-refractivity contribution is 0.192. The number of aromatic nitrogens is 5. The van der Waals surface area contributed by atoms with E-state index in [9.17, 15) is 17.2 Å². The molecule has 41 heavy (non-hydrogen) atoms. The predicted octanol–water partition coefficient (Wildman–Crippen LogP) is 5.85. The van der Waals surface area contributed by atoms with E-state index in [-0.39, 0.29) is 22.9 Å². The van der Waals surface area contributed by atoms with Crippen LogP contribution in [0.25, 0.3) is 33.5 Å². The SMILES string of the molecule is CC(C)S(=O)(=O)c1ccc(-c2n[nH]c3ccc(-c4n[nH]c([C@@H]5CCCN(Cc6c(F)cccc6F)C5)n4)cc23)cc1. The van der Waals surface area contributed by atoms with Gasteiger partial charge in [-0.1, -0.05) is 18.2 Å². The molecule has 3 aromatic carbocycles. The van der Waals surface area contributed by atoms with Crippen LogP contribution in [0.15, 0.2) is 65.6 Å². The summed E-state index contributed by atoms with van der Waals surface area (Å²) in [6.45, 7) is 4.92. The molecule has 1 aliphatic rings. The molecule has 8 nitrogen and oxygen atoms in total. The van der Waals surface area contributed by atoms with Gasteiger partial charge in [-0.25, -0.2) is 22.2 Å². The van der Waals surface area contributed by atoms with Crippen LogP contribution in [0.2, 0.25) is 0 Å². The molecule has 3 heterocycles. The van der Waals surface area contributed by atoms with E-state index in [1.54, 1.807) is 38.1 Å². The molecule has 1 fully saturated rings. The van der Waals surface area contributed by atoms with Gasteiger partial charge < -0.3 is 0 Å². The van der Waals surface area contributed by atoms with Crippen molar-refractivity contribution in [3.8, 4) is 22.6 Å². The number of hydrogen-bond donors (Lipinski definition) is 2. The first-order chi connectivity index (χ1) is 19.7. The fourth-order valence-corrected chi connectivity index (χ4v) is 6.42. The fourth-order valence-electron chi connectivity index (χ4n) is 5.36. The second-order valence-electron chi connectivity index (χ2n) is 10.8. The van der Waals surface area contributed by atoms with Gasteiger partial charge in [-0.05, 0) is 75.7 Å². The minimum Gasteiger partial charge on any atom is -0.298 e. The van der Waals surface area contributed by atoms with Crippen LogP contribution in [0, 0.1) is 11.6 Å². The largest absolute Gasteiger partial charge is 0.298 e. The number of sulfone groups is 1. The molecule has 0 spiro atoms. The number of nitrogens with one attached hydrogen (secondary N) is 2. The average molecular weight is 577 g/mol. The van der Waals surface area contributed by atoms with E-state index in [2.05, 4.69) is 25.3 Å². The van der Waals surface area contributed by atoms with Crippen molar-refractivity contribution >= 4 is 20.7 Å². The minimum atomic E-state index is -3.36. The zero-order chi connectivity index (χ0) is 28.7. The number of rotatable bonds is 7. The van der Waals surface area contributed by atoms with Crippen LogP contribution < -0.4 is 0 Å². The van der Waals surface area contributed by atoms with E-state index in [0.29, 0.717) is 18.1 Å². The molecular weight excluding hydrogens is 546 g/mol. The smallest absolute Gasteiger partial charge is 0.181 e. The quantitative estimate of drug-likeness (QED) is 0.252. The summed E-state index contributed by atoms with van der Waals surface area (Å²) in [6, 6.07) is 16.5. The molecule has 1 atom stereocenters. The van der Waals surface area contributed by atoms with Crippen molar-refractivity contribution in [2.24, 2.45) is 0 Å². The monoisotopic (exact) mass is 576 g/mol. The number of H-pyrrole nitrogens is 2. The Balaban J connectivity index is 1.23. The Kier molecular flexibility index (Phi) is 7.16. The van der Waals surface area contributed by atoms with Gasteiger partial charge in [-0.15, -0.1) is 0 Å². The number of likely N-dealkylation sites (tertiary alicyclic amines) is 1. The highest BCUT2D eigenvalue weighted by Crippen LogP contribution is 2.32. The van der Waals surface area contributed by atoms with Gasteiger partial charge in [-0.3, -0.25) is 15.1 Å². The Morgan fingerprint density at radius 1 is 0.976 bits per heavy atom. The van der Waals surface area contributed by atoms with Crippen molar-refractivity contribution in [1.82, 2.24) is 30.3 Å². The first kappa shape index (κ1) is 27.2. The molecule has 1 aliphatic heterocycles. The highest BCUT2D eigenvalue weighted by atomic mass is 32.2. The molecule has 5 aromatic rings. The van der Waals surface area contributed by atoms with Crippen LogP contribution in [0.5, 0.6) is 0 Å². The molecule has 0 radical (unpaired) electrons. The van der Waals surface area contributed by atoms with Crippen molar-refractivity contribution in [2.75, 3.05) is 13.1 Å². The summed E-state index contributed by atoms with van der Waals surface area (Å²) in [5.74, 6) is 0.297. The van der Waals surface area contributed by atoms with Crippen LogP contribution >= 0.6 is 0 Å². The summed E-state index contributed by atoms with van der Waals surface area (Å²) in [4.78, 5) is 7.13. The standard InChI is InChI=1S/C30H30F2N6O2S/c1-18(2)41(39,40)22-11-8-19(9-12-22)28-23-15-20(10-13-27(23)34-35-28)29-33-30(37-36-29)21-5-4-14-38(16-21)17-24-25(31)6-3-7-26(24)32/h3,6-13,15,18,21H,4-5,14,16-17H2,1-2H3,(H,34,35)(H,33,36,37)/t21-/m1/s1. The van der Waals surface area contributed by atoms with Gasteiger partial charge >= 0.3 is 0 Å². The summed E-state index contributed by atoms with van der Waals surface area (Å²) in [5.41, 5.74) is 3.23. The van der Waals surface area contributed by atoms with Gasteiger partial charge in [0.1, 0.15) is 17.5 Å². The molecule has 0 bridgehead atoms. The molecular formula is C30H30F2N6O2S. The maximum atomic E-state index is 14.2. The number of benzene rings is 3.